The summed E-state index contributed by atoms with van der Waals surface area (Å²) in [5, 5.41) is 8.89. The molecule has 1 aromatic heterocycles. The van der Waals surface area contributed by atoms with Crippen molar-refractivity contribution in [3.05, 3.63) is 48.0 Å². The molecule has 2 rings (SSSR count). The van der Waals surface area contributed by atoms with Crippen LogP contribution in [0.25, 0.3) is 5.69 Å². The van der Waals surface area contributed by atoms with Crippen LogP contribution < -0.4 is 0 Å². The third-order valence-corrected chi connectivity index (χ3v) is 2.45. The van der Waals surface area contributed by atoms with E-state index in [0.29, 0.717) is 11.4 Å². The van der Waals surface area contributed by atoms with Crippen molar-refractivity contribution in [2.45, 2.75) is 19.5 Å². The largest absolute Gasteiger partial charge is 0.390 e. The van der Waals surface area contributed by atoms with Crippen LogP contribution in [-0.4, -0.2) is 14.7 Å². The molecule has 0 saturated heterocycles. The highest BCUT2D eigenvalue weighted by Crippen LogP contribution is 2.28. The van der Waals surface area contributed by atoms with Crippen LogP contribution in [0.2, 0.25) is 0 Å². The fourth-order valence-corrected chi connectivity index (χ4v) is 1.53. The highest BCUT2D eigenvalue weighted by atomic mass is 19.3. The van der Waals surface area contributed by atoms with Crippen LogP contribution in [-0.2, 0) is 12.5 Å². The van der Waals surface area contributed by atoms with E-state index in [2.05, 4.69) is 4.98 Å². The first-order chi connectivity index (χ1) is 8.00. The maximum absolute atomic E-state index is 13.2. The van der Waals surface area contributed by atoms with Crippen LogP contribution in [0.3, 0.4) is 0 Å². The molecule has 0 bridgehead atoms. The predicted molar refractivity (Wildman–Crippen MR) is 59.1 cm³/mol. The third-order valence-electron chi connectivity index (χ3n) is 2.45. The number of benzene rings is 1. The van der Waals surface area contributed by atoms with Crippen molar-refractivity contribution < 1.29 is 13.9 Å². The number of imidazole rings is 1. The number of halogens is 2. The summed E-state index contributed by atoms with van der Waals surface area (Å²) >= 11 is 0. The highest BCUT2D eigenvalue weighted by Gasteiger charge is 2.24. The first-order valence-corrected chi connectivity index (χ1v) is 5.13. The maximum Gasteiger partial charge on any atom is 0.270 e. The second-order valence-corrected chi connectivity index (χ2v) is 3.87. The summed E-state index contributed by atoms with van der Waals surface area (Å²) in [6.07, 6.45) is 3.09. The molecule has 0 unspecified atom stereocenters. The lowest BCUT2D eigenvalue weighted by Gasteiger charge is -2.12. The minimum Gasteiger partial charge on any atom is -0.390 e. The van der Waals surface area contributed by atoms with Crippen molar-refractivity contribution in [1.29, 1.82) is 0 Å². The van der Waals surface area contributed by atoms with Gasteiger partial charge in [0.05, 0.1) is 18.6 Å². The summed E-state index contributed by atoms with van der Waals surface area (Å²) in [6, 6.07) is 6.06. The quantitative estimate of drug-likeness (QED) is 0.892. The Balaban J connectivity index is 2.39. The first kappa shape index (κ1) is 11.7. The summed E-state index contributed by atoms with van der Waals surface area (Å²) in [5.41, 5.74) is 1.05. The Morgan fingerprint density at radius 2 is 2.18 bits per heavy atom. The number of aliphatic hydroxyl groups is 1. The van der Waals surface area contributed by atoms with E-state index in [1.54, 1.807) is 22.9 Å². The van der Waals surface area contributed by atoms with Crippen LogP contribution in [0.1, 0.15) is 18.2 Å². The van der Waals surface area contributed by atoms with Gasteiger partial charge in [0, 0.05) is 24.4 Å². The summed E-state index contributed by atoms with van der Waals surface area (Å²) in [5.74, 6) is -2.86. The van der Waals surface area contributed by atoms with E-state index in [1.807, 2.05) is 0 Å². The number of aliphatic hydroxyl groups excluding tert-OH is 1. The molecule has 0 saturated carbocycles. The van der Waals surface area contributed by atoms with Gasteiger partial charge in [-0.05, 0) is 12.1 Å². The number of rotatable bonds is 3. The van der Waals surface area contributed by atoms with Gasteiger partial charge >= 0.3 is 0 Å². The third kappa shape index (κ3) is 2.50. The Bertz CT molecular complexity index is 517. The van der Waals surface area contributed by atoms with E-state index in [-0.39, 0.29) is 12.2 Å². The van der Waals surface area contributed by atoms with Crippen LogP contribution in [0.4, 0.5) is 8.78 Å². The van der Waals surface area contributed by atoms with Gasteiger partial charge in [-0.1, -0.05) is 12.1 Å². The van der Waals surface area contributed by atoms with E-state index >= 15 is 0 Å². The van der Waals surface area contributed by atoms with E-state index in [1.165, 1.54) is 18.5 Å². The molecule has 0 aliphatic rings. The van der Waals surface area contributed by atoms with Gasteiger partial charge in [-0.25, -0.2) is 13.8 Å². The van der Waals surface area contributed by atoms with Gasteiger partial charge in [-0.3, -0.25) is 0 Å². The number of hydrogen-bond acceptors (Lipinski definition) is 2. The molecular weight excluding hydrogens is 226 g/mol. The number of nitrogens with zero attached hydrogens (tertiary/aromatic N) is 2. The van der Waals surface area contributed by atoms with E-state index < -0.39 is 5.92 Å². The molecule has 0 aliphatic heterocycles. The van der Waals surface area contributed by atoms with Gasteiger partial charge in [0.25, 0.3) is 5.92 Å². The lowest BCUT2D eigenvalue weighted by Crippen LogP contribution is -2.07. The zero-order valence-corrected chi connectivity index (χ0v) is 9.27. The minimum absolute atomic E-state index is 0.0470. The van der Waals surface area contributed by atoms with Crippen molar-refractivity contribution in [2.75, 3.05) is 0 Å². The summed E-state index contributed by atoms with van der Waals surface area (Å²) in [6.45, 7) is 0.690. The fraction of sp³-hybridized carbons (Fsp3) is 0.250. The van der Waals surface area contributed by atoms with Crippen molar-refractivity contribution in [3.8, 4) is 5.69 Å². The Morgan fingerprint density at radius 1 is 1.41 bits per heavy atom. The zero-order chi connectivity index (χ0) is 12.5. The van der Waals surface area contributed by atoms with Crippen LogP contribution in [0.5, 0.6) is 0 Å². The number of aromatic nitrogens is 2. The fourth-order valence-electron chi connectivity index (χ4n) is 1.53. The Labute approximate surface area is 97.3 Å². The van der Waals surface area contributed by atoms with Crippen molar-refractivity contribution in [2.24, 2.45) is 0 Å². The predicted octanol–water partition coefficient (Wildman–Crippen LogP) is 2.48. The van der Waals surface area contributed by atoms with Crippen LogP contribution in [0, 0.1) is 0 Å². The molecule has 17 heavy (non-hydrogen) atoms. The van der Waals surface area contributed by atoms with Crippen molar-refractivity contribution in [1.82, 2.24) is 9.55 Å². The molecule has 0 aliphatic carbocycles. The first-order valence-electron chi connectivity index (χ1n) is 5.13. The lowest BCUT2D eigenvalue weighted by atomic mass is 10.1. The molecule has 0 amide bonds. The molecule has 1 aromatic carbocycles. The van der Waals surface area contributed by atoms with Gasteiger partial charge in [0.15, 0.2) is 0 Å². The van der Waals surface area contributed by atoms with Gasteiger partial charge in [-0.2, -0.15) is 0 Å². The molecule has 1 heterocycles. The number of hydrogen-bond donors (Lipinski definition) is 1. The standard InChI is InChI=1S/C12H12F2N2O/c1-12(13,14)9-3-2-4-11(5-9)16-6-10(7-17)15-8-16/h2-6,8,17H,7H2,1H3. The van der Waals surface area contributed by atoms with Gasteiger partial charge in [0.1, 0.15) is 0 Å². The second kappa shape index (κ2) is 4.25. The van der Waals surface area contributed by atoms with E-state index in [4.69, 9.17) is 5.11 Å². The lowest BCUT2D eigenvalue weighted by molar-refractivity contribution is 0.0174. The van der Waals surface area contributed by atoms with E-state index in [0.717, 1.165) is 6.92 Å². The SMILES string of the molecule is CC(F)(F)c1cccc(-n2cnc(CO)c2)c1. The Kier molecular flexibility index (Phi) is 2.93. The van der Waals surface area contributed by atoms with Crippen LogP contribution in [0.15, 0.2) is 36.8 Å². The van der Waals surface area contributed by atoms with Gasteiger partial charge < -0.3 is 9.67 Å². The summed E-state index contributed by atoms with van der Waals surface area (Å²) in [7, 11) is 0. The number of alkyl halides is 2. The van der Waals surface area contributed by atoms with Gasteiger partial charge in [-0.15, -0.1) is 0 Å². The smallest absolute Gasteiger partial charge is 0.270 e. The normalized spacial score (nSPS) is 11.8. The van der Waals surface area contributed by atoms with Crippen LogP contribution >= 0.6 is 0 Å². The molecule has 1 N–H and O–H groups in total. The molecule has 0 atom stereocenters. The minimum atomic E-state index is -2.86. The zero-order valence-electron chi connectivity index (χ0n) is 9.27. The molecule has 90 valence electrons. The van der Waals surface area contributed by atoms with Crippen molar-refractivity contribution in [3.63, 3.8) is 0 Å². The highest BCUT2D eigenvalue weighted by molar-refractivity contribution is 5.37. The average molecular weight is 238 g/mol. The molecule has 5 heteroatoms. The monoisotopic (exact) mass is 238 g/mol. The average Bonchev–Trinajstić information content (AvgIpc) is 2.76. The molecule has 0 radical (unpaired) electrons. The van der Waals surface area contributed by atoms with E-state index in [9.17, 15) is 8.78 Å². The summed E-state index contributed by atoms with van der Waals surface area (Å²) < 4.78 is 27.9. The second-order valence-electron chi connectivity index (χ2n) is 3.87. The molecule has 0 fully saturated rings. The molecule has 3 nitrogen and oxygen atoms in total. The Hall–Kier alpha value is -1.75. The van der Waals surface area contributed by atoms with Gasteiger partial charge in [0.2, 0.25) is 0 Å². The topological polar surface area (TPSA) is 38.0 Å². The Morgan fingerprint density at radius 3 is 2.76 bits per heavy atom. The van der Waals surface area contributed by atoms with Crippen molar-refractivity contribution >= 4 is 0 Å². The molecule has 0 spiro atoms. The summed E-state index contributed by atoms with van der Waals surface area (Å²) in [4.78, 5) is 3.93. The molecule has 2 aromatic rings. The maximum atomic E-state index is 13.2. The molecular formula is C12H12F2N2O.